The summed E-state index contributed by atoms with van der Waals surface area (Å²) in [4.78, 5) is 2.62. The van der Waals surface area contributed by atoms with Crippen molar-refractivity contribution in [3.05, 3.63) is 0 Å². The average molecular weight is 254 g/mol. The molecule has 18 heavy (non-hydrogen) atoms. The van der Waals surface area contributed by atoms with Crippen molar-refractivity contribution in [2.24, 2.45) is 5.41 Å². The maximum absolute atomic E-state index is 5.78. The third-order valence-corrected chi connectivity index (χ3v) is 4.74. The van der Waals surface area contributed by atoms with E-state index in [-0.39, 0.29) is 5.60 Å². The minimum atomic E-state index is 0.173. The van der Waals surface area contributed by atoms with Crippen LogP contribution in [0.2, 0.25) is 0 Å². The second-order valence-electron chi connectivity index (χ2n) is 7.20. The van der Waals surface area contributed by atoms with Gasteiger partial charge in [0.2, 0.25) is 0 Å². The quantitative estimate of drug-likeness (QED) is 0.836. The normalized spacial score (nSPS) is 29.7. The van der Waals surface area contributed by atoms with E-state index in [9.17, 15) is 0 Å². The van der Waals surface area contributed by atoms with Crippen LogP contribution >= 0.6 is 0 Å². The van der Waals surface area contributed by atoms with Crippen molar-refractivity contribution in [1.29, 1.82) is 0 Å². The first-order valence-corrected chi connectivity index (χ1v) is 7.46. The van der Waals surface area contributed by atoms with E-state index in [1.165, 1.54) is 32.2 Å². The highest BCUT2D eigenvalue weighted by Crippen LogP contribution is 2.36. The van der Waals surface area contributed by atoms with Crippen LogP contribution in [0.3, 0.4) is 0 Å². The van der Waals surface area contributed by atoms with Gasteiger partial charge in [-0.05, 0) is 44.2 Å². The molecule has 1 N–H and O–H groups in total. The Morgan fingerprint density at radius 3 is 2.50 bits per heavy atom. The molecular formula is C15H30N2O. The van der Waals surface area contributed by atoms with Gasteiger partial charge in [-0.15, -0.1) is 0 Å². The fourth-order valence-corrected chi connectivity index (χ4v) is 3.12. The van der Waals surface area contributed by atoms with Crippen molar-refractivity contribution in [1.82, 2.24) is 10.2 Å². The van der Waals surface area contributed by atoms with Crippen molar-refractivity contribution in [2.75, 3.05) is 33.3 Å². The third kappa shape index (κ3) is 3.25. The van der Waals surface area contributed by atoms with Crippen LogP contribution in [0.4, 0.5) is 0 Å². The van der Waals surface area contributed by atoms with E-state index in [0.29, 0.717) is 11.5 Å². The van der Waals surface area contributed by atoms with Gasteiger partial charge >= 0.3 is 0 Å². The number of rotatable bonds is 3. The summed E-state index contributed by atoms with van der Waals surface area (Å²) in [6, 6.07) is 0.592. The summed E-state index contributed by atoms with van der Waals surface area (Å²) < 4.78 is 5.78. The number of ether oxygens (including phenoxy) is 1. The molecule has 0 aromatic carbocycles. The predicted octanol–water partition coefficient (Wildman–Crippen LogP) is 2.27. The molecule has 1 heterocycles. The molecule has 1 saturated heterocycles. The Morgan fingerprint density at radius 1 is 1.28 bits per heavy atom. The third-order valence-electron chi connectivity index (χ3n) is 4.74. The lowest BCUT2D eigenvalue weighted by Crippen LogP contribution is -2.53. The molecule has 1 unspecified atom stereocenters. The van der Waals surface area contributed by atoms with Gasteiger partial charge in [-0.25, -0.2) is 0 Å². The summed E-state index contributed by atoms with van der Waals surface area (Å²) in [6.45, 7) is 11.7. The number of nitrogens with one attached hydrogen (secondary N) is 1. The molecular weight excluding hydrogens is 224 g/mol. The number of methoxy groups -OCH3 is 1. The zero-order valence-electron chi connectivity index (χ0n) is 12.6. The van der Waals surface area contributed by atoms with Crippen LogP contribution in [0.1, 0.15) is 46.5 Å². The maximum Gasteiger partial charge on any atom is 0.0805 e. The molecule has 0 bridgehead atoms. The van der Waals surface area contributed by atoms with Crippen LogP contribution in [-0.2, 0) is 4.74 Å². The second kappa shape index (κ2) is 5.48. The van der Waals surface area contributed by atoms with Gasteiger partial charge in [0.15, 0.2) is 0 Å². The highest BCUT2D eigenvalue weighted by Gasteiger charge is 2.39. The van der Waals surface area contributed by atoms with E-state index in [1.807, 2.05) is 7.11 Å². The van der Waals surface area contributed by atoms with E-state index in [1.54, 1.807) is 0 Å². The molecule has 0 aromatic heterocycles. The molecule has 106 valence electrons. The van der Waals surface area contributed by atoms with Crippen LogP contribution in [0.25, 0.3) is 0 Å². The summed E-state index contributed by atoms with van der Waals surface area (Å²) in [6.07, 6.45) is 5.08. The molecule has 0 aromatic rings. The van der Waals surface area contributed by atoms with Crippen LogP contribution in [0.15, 0.2) is 0 Å². The highest BCUT2D eigenvalue weighted by atomic mass is 16.5. The first-order valence-electron chi connectivity index (χ1n) is 7.46. The molecule has 1 atom stereocenters. The monoisotopic (exact) mass is 254 g/mol. The molecule has 1 saturated carbocycles. The number of nitrogens with zero attached hydrogens (tertiary/aromatic N) is 1. The molecule has 0 amide bonds. The first kappa shape index (κ1) is 14.3. The molecule has 0 radical (unpaired) electrons. The topological polar surface area (TPSA) is 24.5 Å². The van der Waals surface area contributed by atoms with Gasteiger partial charge in [-0.2, -0.15) is 0 Å². The van der Waals surface area contributed by atoms with Crippen LogP contribution in [-0.4, -0.2) is 49.8 Å². The van der Waals surface area contributed by atoms with Crippen molar-refractivity contribution in [3.8, 4) is 0 Å². The number of hydrogen-bond donors (Lipinski definition) is 1. The zero-order chi connectivity index (χ0) is 13.2. The largest absolute Gasteiger partial charge is 0.377 e. The molecule has 2 fully saturated rings. The van der Waals surface area contributed by atoms with E-state index >= 15 is 0 Å². The Bertz CT molecular complexity index is 263. The minimum absolute atomic E-state index is 0.173. The fraction of sp³-hybridized carbons (Fsp3) is 1.00. The maximum atomic E-state index is 5.78. The van der Waals surface area contributed by atoms with Crippen molar-refractivity contribution < 1.29 is 4.74 Å². The van der Waals surface area contributed by atoms with Gasteiger partial charge in [-0.1, -0.05) is 20.8 Å². The predicted molar refractivity (Wildman–Crippen MR) is 75.9 cm³/mol. The van der Waals surface area contributed by atoms with Crippen LogP contribution in [0, 0.1) is 5.41 Å². The van der Waals surface area contributed by atoms with Gasteiger partial charge in [0, 0.05) is 26.2 Å². The molecule has 3 heteroatoms. The first-order chi connectivity index (χ1) is 8.45. The lowest BCUT2D eigenvalue weighted by atomic mass is 9.79. The van der Waals surface area contributed by atoms with E-state index < -0.39 is 0 Å². The van der Waals surface area contributed by atoms with Gasteiger partial charge in [0.1, 0.15) is 0 Å². The zero-order valence-corrected chi connectivity index (χ0v) is 12.6. The van der Waals surface area contributed by atoms with Gasteiger partial charge < -0.3 is 10.1 Å². The second-order valence-corrected chi connectivity index (χ2v) is 7.20. The molecule has 3 nitrogen and oxygen atoms in total. The molecule has 0 spiro atoms. The van der Waals surface area contributed by atoms with Crippen LogP contribution in [0.5, 0.6) is 0 Å². The summed E-state index contributed by atoms with van der Waals surface area (Å²) in [7, 11) is 1.89. The van der Waals surface area contributed by atoms with Gasteiger partial charge in [0.05, 0.1) is 5.60 Å². The number of hydrogen-bond acceptors (Lipinski definition) is 3. The Hall–Kier alpha value is -0.120. The average Bonchev–Trinajstić information content (AvgIpc) is 2.48. The van der Waals surface area contributed by atoms with E-state index in [4.69, 9.17) is 4.74 Å². The van der Waals surface area contributed by atoms with Crippen LogP contribution < -0.4 is 5.32 Å². The van der Waals surface area contributed by atoms with Gasteiger partial charge in [0.25, 0.3) is 0 Å². The molecule has 2 aliphatic rings. The molecule has 2 rings (SSSR count). The summed E-state index contributed by atoms with van der Waals surface area (Å²) in [5, 5.41) is 3.71. The SMILES string of the molecule is COC1(CN2CCCNC(C(C)(C)C)C2)CCC1. The van der Waals surface area contributed by atoms with E-state index in [0.717, 1.165) is 19.6 Å². The highest BCUT2D eigenvalue weighted by molar-refractivity contribution is 4.94. The van der Waals surface area contributed by atoms with E-state index in [2.05, 4.69) is 31.0 Å². The summed E-state index contributed by atoms with van der Waals surface area (Å²) in [5.41, 5.74) is 0.509. The standard InChI is InChI=1S/C15H30N2O/c1-14(2,3)13-11-17(10-6-9-16-13)12-15(18-4)7-5-8-15/h13,16H,5-12H2,1-4H3. The van der Waals surface area contributed by atoms with Crippen molar-refractivity contribution in [3.63, 3.8) is 0 Å². The minimum Gasteiger partial charge on any atom is -0.377 e. The Balaban J connectivity index is 1.95. The van der Waals surface area contributed by atoms with Crippen molar-refractivity contribution in [2.45, 2.75) is 58.1 Å². The summed E-state index contributed by atoms with van der Waals surface area (Å²) >= 11 is 0. The van der Waals surface area contributed by atoms with Gasteiger partial charge in [-0.3, -0.25) is 4.90 Å². The Labute approximate surface area is 112 Å². The Kier molecular flexibility index (Phi) is 4.35. The molecule has 1 aliphatic carbocycles. The lowest BCUT2D eigenvalue weighted by molar-refractivity contribution is -0.0923. The summed E-state index contributed by atoms with van der Waals surface area (Å²) in [5.74, 6) is 0. The lowest BCUT2D eigenvalue weighted by Gasteiger charge is -2.44. The Morgan fingerprint density at radius 2 is 2.00 bits per heavy atom. The smallest absolute Gasteiger partial charge is 0.0805 e. The van der Waals surface area contributed by atoms with Crippen molar-refractivity contribution >= 4 is 0 Å². The molecule has 1 aliphatic heterocycles. The fourth-order valence-electron chi connectivity index (χ4n) is 3.12.